The van der Waals surface area contributed by atoms with Gasteiger partial charge in [0.1, 0.15) is 5.76 Å². The average Bonchev–Trinajstić information content (AvgIpc) is 2.71. The zero-order valence-corrected chi connectivity index (χ0v) is 12.1. The molecule has 2 heterocycles. The molecule has 1 fully saturated rings. The predicted octanol–water partition coefficient (Wildman–Crippen LogP) is 3.70. The van der Waals surface area contributed by atoms with E-state index in [0.717, 1.165) is 31.6 Å². The van der Waals surface area contributed by atoms with Gasteiger partial charge in [0.05, 0.1) is 12.3 Å². The van der Waals surface area contributed by atoms with Crippen molar-refractivity contribution in [2.75, 3.05) is 6.54 Å². The summed E-state index contributed by atoms with van der Waals surface area (Å²) in [7, 11) is 0. The number of rotatable bonds is 1. The van der Waals surface area contributed by atoms with E-state index in [2.05, 4.69) is 5.32 Å². The highest BCUT2D eigenvalue weighted by Crippen LogP contribution is 2.30. The van der Waals surface area contributed by atoms with Crippen LogP contribution in [0.15, 0.2) is 22.8 Å². The van der Waals surface area contributed by atoms with Gasteiger partial charge in [-0.3, -0.25) is 0 Å². The Labute approximate surface area is 115 Å². The fourth-order valence-electron chi connectivity index (χ4n) is 2.52. The summed E-state index contributed by atoms with van der Waals surface area (Å²) in [5, 5.41) is 3.05. The second-order valence-electron chi connectivity index (χ2n) is 6.25. The lowest BCUT2D eigenvalue weighted by atomic mass is 10.1. The van der Waals surface area contributed by atoms with Crippen LogP contribution in [-0.2, 0) is 0 Å². The SMILES string of the molecule is CC(C)(C)NC(=O)N1CCCCCC1c1ccco1. The van der Waals surface area contributed by atoms with Crippen molar-refractivity contribution in [1.29, 1.82) is 0 Å². The van der Waals surface area contributed by atoms with Crippen LogP contribution in [0.1, 0.15) is 58.3 Å². The van der Waals surface area contributed by atoms with Crippen molar-refractivity contribution in [3.63, 3.8) is 0 Å². The summed E-state index contributed by atoms with van der Waals surface area (Å²) < 4.78 is 5.52. The van der Waals surface area contributed by atoms with E-state index in [4.69, 9.17) is 4.42 Å². The van der Waals surface area contributed by atoms with E-state index in [0.29, 0.717) is 0 Å². The number of furan rings is 1. The van der Waals surface area contributed by atoms with E-state index in [1.165, 1.54) is 6.42 Å². The van der Waals surface area contributed by atoms with Gasteiger partial charge in [0.15, 0.2) is 0 Å². The number of likely N-dealkylation sites (tertiary alicyclic amines) is 1. The molecule has 1 aromatic heterocycles. The van der Waals surface area contributed by atoms with Crippen LogP contribution >= 0.6 is 0 Å². The van der Waals surface area contributed by atoms with Gasteiger partial charge in [-0.25, -0.2) is 4.79 Å². The molecule has 106 valence electrons. The van der Waals surface area contributed by atoms with E-state index in [1.807, 2.05) is 37.8 Å². The zero-order chi connectivity index (χ0) is 13.9. The van der Waals surface area contributed by atoms with Crippen LogP contribution in [0, 0.1) is 0 Å². The standard InChI is InChI=1S/C15H24N2O2/c1-15(2,3)16-14(18)17-10-6-4-5-8-12(17)13-9-7-11-19-13/h7,9,11-12H,4-6,8,10H2,1-3H3,(H,16,18). The second-order valence-corrected chi connectivity index (χ2v) is 6.25. The minimum atomic E-state index is -0.211. The molecular formula is C15H24N2O2. The molecule has 1 aromatic rings. The smallest absolute Gasteiger partial charge is 0.318 e. The number of carbonyl (C=O) groups excluding carboxylic acids is 1. The molecule has 0 saturated carbocycles. The maximum atomic E-state index is 12.4. The van der Waals surface area contributed by atoms with Crippen molar-refractivity contribution in [1.82, 2.24) is 10.2 Å². The van der Waals surface area contributed by atoms with Crippen LogP contribution < -0.4 is 5.32 Å². The molecule has 19 heavy (non-hydrogen) atoms. The lowest BCUT2D eigenvalue weighted by Crippen LogP contribution is -2.49. The van der Waals surface area contributed by atoms with Gasteiger partial charge in [-0.05, 0) is 45.7 Å². The molecule has 0 bridgehead atoms. The fourth-order valence-corrected chi connectivity index (χ4v) is 2.52. The first-order valence-corrected chi connectivity index (χ1v) is 7.09. The summed E-state index contributed by atoms with van der Waals surface area (Å²) in [6.45, 7) is 6.81. The van der Waals surface area contributed by atoms with Crippen molar-refractivity contribution in [2.45, 2.75) is 58.0 Å². The summed E-state index contributed by atoms with van der Waals surface area (Å²) >= 11 is 0. The molecule has 0 aromatic carbocycles. The summed E-state index contributed by atoms with van der Waals surface area (Å²) in [5.74, 6) is 0.894. The van der Waals surface area contributed by atoms with Gasteiger partial charge in [0.2, 0.25) is 0 Å². The summed E-state index contributed by atoms with van der Waals surface area (Å²) in [6, 6.07) is 3.93. The normalized spacial score (nSPS) is 21.0. The van der Waals surface area contributed by atoms with E-state index in [9.17, 15) is 4.79 Å². The topological polar surface area (TPSA) is 45.5 Å². The molecular weight excluding hydrogens is 240 g/mol. The Balaban J connectivity index is 2.15. The largest absolute Gasteiger partial charge is 0.467 e. The van der Waals surface area contributed by atoms with Gasteiger partial charge < -0.3 is 14.6 Å². The van der Waals surface area contributed by atoms with Crippen LogP contribution in [-0.4, -0.2) is 23.0 Å². The Morgan fingerprint density at radius 1 is 1.37 bits per heavy atom. The van der Waals surface area contributed by atoms with Crippen molar-refractivity contribution < 1.29 is 9.21 Å². The van der Waals surface area contributed by atoms with E-state index in [1.54, 1.807) is 6.26 Å². The van der Waals surface area contributed by atoms with E-state index < -0.39 is 0 Å². The van der Waals surface area contributed by atoms with Crippen molar-refractivity contribution >= 4 is 6.03 Å². The van der Waals surface area contributed by atoms with Crippen molar-refractivity contribution in [2.24, 2.45) is 0 Å². The molecule has 1 atom stereocenters. The maximum absolute atomic E-state index is 12.4. The fraction of sp³-hybridized carbons (Fsp3) is 0.667. The third-order valence-electron chi connectivity index (χ3n) is 3.37. The molecule has 4 heteroatoms. The highest BCUT2D eigenvalue weighted by atomic mass is 16.3. The third-order valence-corrected chi connectivity index (χ3v) is 3.37. The molecule has 0 aliphatic carbocycles. The van der Waals surface area contributed by atoms with Crippen molar-refractivity contribution in [3.05, 3.63) is 24.2 Å². The molecule has 2 amide bonds. The van der Waals surface area contributed by atoms with Crippen LogP contribution in [0.4, 0.5) is 4.79 Å². The Morgan fingerprint density at radius 3 is 2.79 bits per heavy atom. The van der Waals surface area contributed by atoms with Crippen molar-refractivity contribution in [3.8, 4) is 0 Å². The monoisotopic (exact) mass is 264 g/mol. The number of carbonyl (C=O) groups is 1. The van der Waals surface area contributed by atoms with Crippen LogP contribution in [0.5, 0.6) is 0 Å². The van der Waals surface area contributed by atoms with Gasteiger partial charge in [0, 0.05) is 12.1 Å². The van der Waals surface area contributed by atoms with Crippen LogP contribution in [0.3, 0.4) is 0 Å². The molecule has 1 saturated heterocycles. The minimum absolute atomic E-state index is 0.0100. The molecule has 0 radical (unpaired) electrons. The minimum Gasteiger partial charge on any atom is -0.467 e. The number of hydrogen-bond acceptors (Lipinski definition) is 2. The van der Waals surface area contributed by atoms with Gasteiger partial charge >= 0.3 is 6.03 Å². The molecule has 2 rings (SSSR count). The summed E-state index contributed by atoms with van der Waals surface area (Å²) in [6.07, 6.45) is 6.04. The lowest BCUT2D eigenvalue weighted by Gasteiger charge is -2.32. The highest BCUT2D eigenvalue weighted by Gasteiger charge is 2.30. The molecule has 0 spiro atoms. The Hall–Kier alpha value is -1.45. The van der Waals surface area contributed by atoms with Gasteiger partial charge in [-0.2, -0.15) is 0 Å². The molecule has 4 nitrogen and oxygen atoms in total. The van der Waals surface area contributed by atoms with E-state index in [-0.39, 0.29) is 17.6 Å². The number of hydrogen-bond donors (Lipinski definition) is 1. The number of urea groups is 1. The zero-order valence-electron chi connectivity index (χ0n) is 12.1. The molecule has 1 unspecified atom stereocenters. The number of amides is 2. The number of nitrogens with zero attached hydrogens (tertiary/aromatic N) is 1. The quantitative estimate of drug-likeness (QED) is 0.840. The van der Waals surface area contributed by atoms with Gasteiger partial charge in [-0.15, -0.1) is 0 Å². The first-order chi connectivity index (χ1) is 8.97. The molecule has 1 aliphatic heterocycles. The van der Waals surface area contributed by atoms with Crippen LogP contribution in [0.2, 0.25) is 0 Å². The van der Waals surface area contributed by atoms with Crippen LogP contribution in [0.25, 0.3) is 0 Å². The Morgan fingerprint density at radius 2 is 2.16 bits per heavy atom. The molecule has 1 aliphatic rings. The summed E-state index contributed by atoms with van der Waals surface area (Å²) in [5.41, 5.74) is -0.211. The first kappa shape index (κ1) is 14.0. The Bertz CT molecular complexity index is 406. The first-order valence-electron chi connectivity index (χ1n) is 7.09. The highest BCUT2D eigenvalue weighted by molar-refractivity contribution is 5.75. The lowest BCUT2D eigenvalue weighted by molar-refractivity contribution is 0.158. The Kier molecular flexibility index (Phi) is 4.17. The van der Waals surface area contributed by atoms with E-state index >= 15 is 0 Å². The van der Waals surface area contributed by atoms with Gasteiger partial charge in [-0.1, -0.05) is 12.8 Å². The summed E-state index contributed by atoms with van der Waals surface area (Å²) in [4.78, 5) is 14.4. The second kappa shape index (κ2) is 5.68. The predicted molar refractivity (Wildman–Crippen MR) is 74.9 cm³/mol. The average molecular weight is 264 g/mol. The maximum Gasteiger partial charge on any atom is 0.318 e. The third kappa shape index (κ3) is 3.75. The van der Waals surface area contributed by atoms with Gasteiger partial charge in [0.25, 0.3) is 0 Å². The number of nitrogens with one attached hydrogen (secondary N) is 1. The molecule has 1 N–H and O–H groups in total.